The Morgan fingerprint density at radius 1 is 1.00 bits per heavy atom. The van der Waals surface area contributed by atoms with Crippen molar-refractivity contribution < 1.29 is 9.59 Å². The fourth-order valence-corrected chi connectivity index (χ4v) is 2.43. The van der Waals surface area contributed by atoms with Crippen molar-refractivity contribution in [1.82, 2.24) is 5.32 Å². The molecule has 1 saturated carbocycles. The number of Topliss-reactive ketones (excluding diaryl/α,β-unsaturated/α-hetero) is 1. The zero-order valence-corrected chi connectivity index (χ0v) is 11.8. The highest BCUT2D eigenvalue weighted by Crippen LogP contribution is 2.17. The molecule has 1 N–H and O–H groups in total. The topological polar surface area (TPSA) is 46.2 Å². The van der Waals surface area contributed by atoms with E-state index in [9.17, 15) is 9.59 Å². The van der Waals surface area contributed by atoms with Crippen molar-refractivity contribution in [1.29, 1.82) is 0 Å². The number of rotatable bonds is 5. The molecule has 1 fully saturated rings. The maximum atomic E-state index is 11.8. The van der Waals surface area contributed by atoms with Gasteiger partial charge in [-0.05, 0) is 12.8 Å². The van der Waals surface area contributed by atoms with Crippen LogP contribution < -0.4 is 5.32 Å². The molecule has 1 rings (SSSR count). The Bertz CT molecular complexity index is 266. The number of nitrogens with one attached hydrogen (secondary N) is 1. The smallest absolute Gasteiger partial charge is 0.220 e. The normalized spacial score (nSPS) is 18.2. The monoisotopic (exact) mass is 253 g/mol. The highest BCUT2D eigenvalue weighted by Gasteiger charge is 2.15. The lowest BCUT2D eigenvalue weighted by molar-refractivity contribution is -0.127. The van der Waals surface area contributed by atoms with E-state index in [-0.39, 0.29) is 17.6 Å². The number of hydrogen-bond acceptors (Lipinski definition) is 2. The van der Waals surface area contributed by atoms with Crippen LogP contribution in [-0.2, 0) is 9.59 Å². The fraction of sp³-hybridized carbons (Fsp3) is 0.867. The molecule has 18 heavy (non-hydrogen) atoms. The third-order valence-corrected chi connectivity index (χ3v) is 3.71. The maximum absolute atomic E-state index is 11.8. The van der Waals surface area contributed by atoms with Gasteiger partial charge in [0.25, 0.3) is 0 Å². The van der Waals surface area contributed by atoms with E-state index in [1.165, 1.54) is 32.1 Å². The summed E-state index contributed by atoms with van der Waals surface area (Å²) in [7, 11) is 0. The van der Waals surface area contributed by atoms with E-state index >= 15 is 0 Å². The van der Waals surface area contributed by atoms with E-state index in [4.69, 9.17) is 0 Å². The lowest BCUT2D eigenvalue weighted by Gasteiger charge is -2.21. The van der Waals surface area contributed by atoms with Gasteiger partial charge in [0, 0.05) is 24.8 Å². The van der Waals surface area contributed by atoms with Crippen molar-refractivity contribution >= 4 is 11.7 Å². The van der Waals surface area contributed by atoms with Crippen molar-refractivity contribution in [2.45, 2.75) is 77.7 Å². The van der Waals surface area contributed by atoms with Gasteiger partial charge in [0.15, 0.2) is 0 Å². The molecule has 0 spiro atoms. The molecule has 0 atom stereocenters. The number of carbonyl (C=O) groups excluding carboxylic acids is 2. The Hall–Kier alpha value is -0.860. The second-order valence-electron chi connectivity index (χ2n) is 5.73. The van der Waals surface area contributed by atoms with Crippen LogP contribution in [0.5, 0.6) is 0 Å². The molecule has 0 bridgehead atoms. The summed E-state index contributed by atoms with van der Waals surface area (Å²) in [6.07, 6.45) is 9.29. The standard InChI is InChI=1S/C15H27NO2/c1-12(2)14(17)10-11-15(18)16-13-8-6-4-3-5-7-9-13/h12-13H,3-11H2,1-2H3,(H,16,18). The van der Waals surface area contributed by atoms with Gasteiger partial charge < -0.3 is 5.32 Å². The SMILES string of the molecule is CC(C)C(=O)CCC(=O)NC1CCCCCCC1. The highest BCUT2D eigenvalue weighted by atomic mass is 16.2. The third-order valence-electron chi connectivity index (χ3n) is 3.71. The quantitative estimate of drug-likeness (QED) is 0.817. The molecule has 0 aromatic heterocycles. The summed E-state index contributed by atoms with van der Waals surface area (Å²) in [4.78, 5) is 23.2. The first-order valence-electron chi connectivity index (χ1n) is 7.41. The Morgan fingerprint density at radius 2 is 1.56 bits per heavy atom. The number of amides is 1. The van der Waals surface area contributed by atoms with Crippen molar-refractivity contribution in [3.8, 4) is 0 Å². The van der Waals surface area contributed by atoms with Gasteiger partial charge in [-0.1, -0.05) is 46.0 Å². The van der Waals surface area contributed by atoms with E-state index in [0.29, 0.717) is 18.9 Å². The number of ketones is 1. The molecule has 0 radical (unpaired) electrons. The molecule has 0 unspecified atom stereocenters. The molecular formula is C15H27NO2. The van der Waals surface area contributed by atoms with E-state index in [2.05, 4.69) is 5.32 Å². The van der Waals surface area contributed by atoms with Gasteiger partial charge in [-0.15, -0.1) is 0 Å². The number of carbonyl (C=O) groups is 2. The van der Waals surface area contributed by atoms with Crippen molar-refractivity contribution in [2.75, 3.05) is 0 Å². The predicted molar refractivity (Wildman–Crippen MR) is 73.3 cm³/mol. The van der Waals surface area contributed by atoms with Gasteiger partial charge in [0.05, 0.1) is 0 Å². The summed E-state index contributed by atoms with van der Waals surface area (Å²) < 4.78 is 0. The first-order chi connectivity index (χ1) is 8.59. The molecule has 1 aliphatic carbocycles. The van der Waals surface area contributed by atoms with E-state index in [1.54, 1.807) is 0 Å². The molecule has 1 aliphatic rings. The average Bonchev–Trinajstić information content (AvgIpc) is 2.29. The molecule has 3 heteroatoms. The van der Waals surface area contributed by atoms with Crippen LogP contribution in [0.3, 0.4) is 0 Å². The second-order valence-corrected chi connectivity index (χ2v) is 5.73. The molecule has 0 aromatic rings. The molecule has 0 aliphatic heterocycles. The summed E-state index contributed by atoms with van der Waals surface area (Å²) in [5.74, 6) is 0.275. The minimum absolute atomic E-state index is 0.0409. The van der Waals surface area contributed by atoms with E-state index in [0.717, 1.165) is 12.8 Å². The summed E-state index contributed by atoms with van der Waals surface area (Å²) in [5, 5.41) is 3.09. The van der Waals surface area contributed by atoms with Crippen LogP contribution in [0.2, 0.25) is 0 Å². The van der Waals surface area contributed by atoms with Crippen molar-refractivity contribution in [3.05, 3.63) is 0 Å². The van der Waals surface area contributed by atoms with Gasteiger partial charge in [-0.2, -0.15) is 0 Å². The van der Waals surface area contributed by atoms with Crippen LogP contribution in [0.15, 0.2) is 0 Å². The van der Waals surface area contributed by atoms with Crippen molar-refractivity contribution in [2.24, 2.45) is 5.92 Å². The lowest BCUT2D eigenvalue weighted by atomic mass is 9.96. The van der Waals surface area contributed by atoms with Crippen LogP contribution in [0.4, 0.5) is 0 Å². The molecule has 104 valence electrons. The summed E-state index contributed by atoms with van der Waals surface area (Å²) >= 11 is 0. The minimum Gasteiger partial charge on any atom is -0.353 e. The summed E-state index contributed by atoms with van der Waals surface area (Å²) in [6, 6.07) is 0.340. The van der Waals surface area contributed by atoms with Gasteiger partial charge in [-0.25, -0.2) is 0 Å². The third kappa shape index (κ3) is 6.18. The molecular weight excluding hydrogens is 226 g/mol. The Morgan fingerprint density at radius 3 is 2.11 bits per heavy atom. The van der Waals surface area contributed by atoms with Gasteiger partial charge in [0.2, 0.25) is 5.91 Å². The van der Waals surface area contributed by atoms with Crippen molar-refractivity contribution in [3.63, 3.8) is 0 Å². The van der Waals surface area contributed by atoms with E-state index < -0.39 is 0 Å². The largest absolute Gasteiger partial charge is 0.353 e. The second kappa shape index (κ2) is 8.28. The Kier molecular flexibility index (Phi) is 6.99. The first-order valence-corrected chi connectivity index (χ1v) is 7.41. The molecule has 0 heterocycles. The fourth-order valence-electron chi connectivity index (χ4n) is 2.43. The Labute approximate surface area is 111 Å². The average molecular weight is 253 g/mol. The molecule has 1 amide bonds. The highest BCUT2D eigenvalue weighted by molar-refractivity contribution is 5.86. The molecule has 3 nitrogen and oxygen atoms in total. The Balaban J connectivity index is 2.23. The lowest BCUT2D eigenvalue weighted by Crippen LogP contribution is -2.35. The van der Waals surface area contributed by atoms with Gasteiger partial charge in [-0.3, -0.25) is 9.59 Å². The summed E-state index contributed by atoms with van der Waals surface area (Å²) in [6.45, 7) is 3.77. The first kappa shape index (κ1) is 15.2. The minimum atomic E-state index is 0.0409. The molecule has 0 aromatic carbocycles. The van der Waals surface area contributed by atoms with Crippen LogP contribution >= 0.6 is 0 Å². The maximum Gasteiger partial charge on any atom is 0.220 e. The van der Waals surface area contributed by atoms with Gasteiger partial charge >= 0.3 is 0 Å². The number of hydrogen-bond donors (Lipinski definition) is 1. The zero-order valence-electron chi connectivity index (χ0n) is 11.8. The van der Waals surface area contributed by atoms with Crippen LogP contribution in [0, 0.1) is 5.92 Å². The van der Waals surface area contributed by atoms with Gasteiger partial charge in [0.1, 0.15) is 5.78 Å². The zero-order chi connectivity index (χ0) is 13.4. The molecule has 0 saturated heterocycles. The van der Waals surface area contributed by atoms with Crippen LogP contribution in [-0.4, -0.2) is 17.7 Å². The predicted octanol–water partition coefficient (Wildman–Crippen LogP) is 3.22. The van der Waals surface area contributed by atoms with E-state index in [1.807, 2.05) is 13.8 Å². The summed E-state index contributed by atoms with van der Waals surface area (Å²) in [5.41, 5.74) is 0. The van der Waals surface area contributed by atoms with Crippen LogP contribution in [0.25, 0.3) is 0 Å². The van der Waals surface area contributed by atoms with Crippen LogP contribution in [0.1, 0.15) is 71.6 Å².